The maximum absolute atomic E-state index is 5.24. The van der Waals surface area contributed by atoms with Gasteiger partial charge in [0.1, 0.15) is 5.51 Å². The highest BCUT2D eigenvalue weighted by atomic mass is 32.1. The number of hydrogen-bond acceptors (Lipinski definition) is 5. The summed E-state index contributed by atoms with van der Waals surface area (Å²) in [5.74, 6) is 0. The van der Waals surface area contributed by atoms with E-state index >= 15 is 0 Å². The molecule has 1 aromatic rings. The summed E-state index contributed by atoms with van der Waals surface area (Å²) in [7, 11) is 0. The molecule has 5 heteroatoms. The topological polar surface area (TPSA) is 63.8 Å². The van der Waals surface area contributed by atoms with Gasteiger partial charge in [0, 0.05) is 13.1 Å². The summed E-state index contributed by atoms with van der Waals surface area (Å²) in [6, 6.07) is 0. The lowest BCUT2D eigenvalue weighted by Crippen LogP contribution is -2.12. The average Bonchev–Trinajstić information content (AvgIpc) is 2.34. The van der Waals surface area contributed by atoms with Crippen molar-refractivity contribution in [3.05, 3.63) is 5.51 Å². The van der Waals surface area contributed by atoms with Gasteiger partial charge in [-0.2, -0.15) is 0 Å². The van der Waals surface area contributed by atoms with Crippen molar-refractivity contribution in [1.82, 2.24) is 10.2 Å². The molecule has 0 aliphatic heterocycles. The molecule has 1 rings (SSSR count). The second-order valence-electron chi connectivity index (χ2n) is 1.46. The van der Waals surface area contributed by atoms with Gasteiger partial charge in [-0.25, -0.2) is 0 Å². The van der Waals surface area contributed by atoms with Crippen molar-refractivity contribution in [2.24, 2.45) is 5.73 Å². The fourth-order valence-corrected chi connectivity index (χ4v) is 0.903. The van der Waals surface area contributed by atoms with Crippen LogP contribution in [-0.4, -0.2) is 23.3 Å². The summed E-state index contributed by atoms with van der Waals surface area (Å²) in [5, 5.41) is 11.2. The molecule has 3 N–H and O–H groups in total. The van der Waals surface area contributed by atoms with Crippen molar-refractivity contribution >= 4 is 16.5 Å². The maximum atomic E-state index is 5.24. The Morgan fingerprint density at radius 3 is 3.22 bits per heavy atom. The van der Waals surface area contributed by atoms with Crippen LogP contribution >= 0.6 is 11.3 Å². The summed E-state index contributed by atoms with van der Waals surface area (Å²) >= 11 is 1.47. The van der Waals surface area contributed by atoms with E-state index < -0.39 is 0 Å². The molecule has 0 atom stereocenters. The Labute approximate surface area is 57.1 Å². The second kappa shape index (κ2) is 3.37. The van der Waals surface area contributed by atoms with E-state index in [1.165, 1.54) is 11.3 Å². The van der Waals surface area contributed by atoms with E-state index in [1.807, 2.05) is 0 Å². The molecule has 0 fully saturated rings. The van der Waals surface area contributed by atoms with E-state index in [4.69, 9.17) is 5.73 Å². The standard InChI is InChI=1S/C4H8N4S/c5-1-2-6-4-8-7-3-9-4/h3H,1-2,5H2,(H,6,8). The number of nitrogens with two attached hydrogens (primary N) is 1. The van der Waals surface area contributed by atoms with E-state index in [-0.39, 0.29) is 0 Å². The van der Waals surface area contributed by atoms with Crippen molar-refractivity contribution in [1.29, 1.82) is 0 Å². The summed E-state index contributed by atoms with van der Waals surface area (Å²) in [5.41, 5.74) is 6.92. The molecule has 0 aromatic carbocycles. The number of hydrogen-bond donors (Lipinski definition) is 2. The first-order valence-electron chi connectivity index (χ1n) is 2.63. The zero-order valence-electron chi connectivity index (χ0n) is 4.87. The first kappa shape index (κ1) is 6.44. The van der Waals surface area contributed by atoms with Crippen LogP contribution in [0.1, 0.15) is 0 Å². The quantitative estimate of drug-likeness (QED) is 0.622. The van der Waals surface area contributed by atoms with Crippen LogP contribution in [-0.2, 0) is 0 Å². The predicted octanol–water partition coefficient (Wildman–Crippen LogP) is -0.0913. The second-order valence-corrected chi connectivity index (χ2v) is 2.29. The minimum absolute atomic E-state index is 0.625. The van der Waals surface area contributed by atoms with E-state index in [0.717, 1.165) is 11.7 Å². The smallest absolute Gasteiger partial charge is 0.205 e. The van der Waals surface area contributed by atoms with Crippen LogP contribution in [0.15, 0.2) is 5.51 Å². The molecule has 4 nitrogen and oxygen atoms in total. The van der Waals surface area contributed by atoms with Gasteiger partial charge in [0.15, 0.2) is 0 Å². The van der Waals surface area contributed by atoms with Gasteiger partial charge in [-0.05, 0) is 0 Å². The van der Waals surface area contributed by atoms with E-state index in [2.05, 4.69) is 15.5 Å². The largest absolute Gasteiger partial charge is 0.359 e. The van der Waals surface area contributed by atoms with E-state index in [9.17, 15) is 0 Å². The lowest BCUT2D eigenvalue weighted by atomic mass is 10.7. The molecule has 0 spiro atoms. The van der Waals surface area contributed by atoms with Crippen molar-refractivity contribution < 1.29 is 0 Å². The third-order valence-corrected chi connectivity index (χ3v) is 1.43. The van der Waals surface area contributed by atoms with Gasteiger partial charge in [0.2, 0.25) is 5.13 Å². The Kier molecular flexibility index (Phi) is 2.41. The van der Waals surface area contributed by atoms with Crippen LogP contribution in [0.5, 0.6) is 0 Å². The Balaban J connectivity index is 2.30. The minimum atomic E-state index is 0.625. The fraction of sp³-hybridized carbons (Fsp3) is 0.500. The maximum Gasteiger partial charge on any atom is 0.205 e. The molecular formula is C4H8N4S. The molecule has 50 valence electrons. The van der Waals surface area contributed by atoms with Gasteiger partial charge in [-0.3, -0.25) is 0 Å². The van der Waals surface area contributed by atoms with E-state index in [0.29, 0.717) is 6.54 Å². The minimum Gasteiger partial charge on any atom is -0.359 e. The van der Waals surface area contributed by atoms with Crippen molar-refractivity contribution in [3.8, 4) is 0 Å². The third kappa shape index (κ3) is 1.95. The molecule has 9 heavy (non-hydrogen) atoms. The number of anilines is 1. The van der Waals surface area contributed by atoms with Gasteiger partial charge in [0.05, 0.1) is 0 Å². The predicted molar refractivity (Wildman–Crippen MR) is 37.5 cm³/mol. The third-order valence-electron chi connectivity index (χ3n) is 0.781. The number of nitrogens with zero attached hydrogens (tertiary/aromatic N) is 2. The molecule has 0 bridgehead atoms. The molecule has 0 saturated heterocycles. The number of rotatable bonds is 3. The van der Waals surface area contributed by atoms with E-state index in [1.54, 1.807) is 5.51 Å². The number of aromatic nitrogens is 2. The van der Waals surface area contributed by atoms with Crippen LogP contribution in [0.2, 0.25) is 0 Å². The monoisotopic (exact) mass is 144 g/mol. The van der Waals surface area contributed by atoms with Crippen molar-refractivity contribution in [2.75, 3.05) is 18.4 Å². The lowest BCUT2D eigenvalue weighted by Gasteiger charge is -1.94. The van der Waals surface area contributed by atoms with Gasteiger partial charge < -0.3 is 11.1 Å². The lowest BCUT2D eigenvalue weighted by molar-refractivity contribution is 0.999. The summed E-state index contributed by atoms with van der Waals surface area (Å²) in [6.07, 6.45) is 0. The van der Waals surface area contributed by atoms with Crippen LogP contribution in [0, 0.1) is 0 Å². The Hall–Kier alpha value is -0.680. The molecular weight excluding hydrogens is 136 g/mol. The Morgan fingerprint density at radius 1 is 1.78 bits per heavy atom. The first-order valence-corrected chi connectivity index (χ1v) is 3.51. The molecule has 0 amide bonds. The van der Waals surface area contributed by atoms with Gasteiger partial charge in [-0.15, -0.1) is 10.2 Å². The van der Waals surface area contributed by atoms with Gasteiger partial charge in [0.25, 0.3) is 0 Å². The molecule has 0 aliphatic carbocycles. The zero-order valence-corrected chi connectivity index (χ0v) is 5.69. The Morgan fingerprint density at radius 2 is 2.67 bits per heavy atom. The molecule has 0 radical (unpaired) electrons. The summed E-state index contributed by atoms with van der Waals surface area (Å²) < 4.78 is 0. The average molecular weight is 144 g/mol. The van der Waals surface area contributed by atoms with Crippen LogP contribution in [0.25, 0.3) is 0 Å². The highest BCUT2D eigenvalue weighted by molar-refractivity contribution is 7.13. The molecule has 1 aromatic heterocycles. The first-order chi connectivity index (χ1) is 4.43. The van der Waals surface area contributed by atoms with Gasteiger partial charge in [-0.1, -0.05) is 11.3 Å². The van der Waals surface area contributed by atoms with Gasteiger partial charge >= 0.3 is 0 Å². The highest BCUT2D eigenvalue weighted by Crippen LogP contribution is 2.05. The fourth-order valence-electron chi connectivity index (χ4n) is 0.429. The van der Waals surface area contributed by atoms with Crippen LogP contribution in [0.3, 0.4) is 0 Å². The van der Waals surface area contributed by atoms with Crippen LogP contribution < -0.4 is 11.1 Å². The Bertz CT molecular complexity index is 150. The number of nitrogens with one attached hydrogen (secondary N) is 1. The SMILES string of the molecule is NCCNc1nncs1. The summed E-state index contributed by atoms with van der Waals surface area (Å²) in [4.78, 5) is 0. The van der Waals surface area contributed by atoms with Crippen molar-refractivity contribution in [2.45, 2.75) is 0 Å². The zero-order chi connectivity index (χ0) is 6.53. The summed E-state index contributed by atoms with van der Waals surface area (Å²) in [6.45, 7) is 1.38. The van der Waals surface area contributed by atoms with Crippen LogP contribution in [0.4, 0.5) is 5.13 Å². The highest BCUT2D eigenvalue weighted by Gasteiger charge is 1.90. The molecule has 1 heterocycles. The molecule has 0 unspecified atom stereocenters. The molecule has 0 aliphatic rings. The van der Waals surface area contributed by atoms with Crippen molar-refractivity contribution in [3.63, 3.8) is 0 Å². The normalized spacial score (nSPS) is 9.44. The molecule has 0 saturated carbocycles.